The van der Waals surface area contributed by atoms with E-state index in [0.717, 1.165) is 6.42 Å². The largest absolute Gasteiger partial charge is 0.287 e. The number of aromatic nitrogens is 4. The standard InChI is InChI=1S/C24H22ClN5O2S/c1-15(2)9-11-30-23(32)18-8-7-16(25)13-20(18)28-24(30)33-14-21-27-19-6-4-3-5-17(19)22(31)29(21)12-10-26/h3-8,13,15H,9,11-12,14H2,1-2H3. The molecule has 0 fully saturated rings. The molecule has 0 aliphatic carbocycles. The second-order valence-electron chi connectivity index (χ2n) is 8.08. The van der Waals surface area contributed by atoms with Crippen LogP contribution >= 0.6 is 23.4 Å². The highest BCUT2D eigenvalue weighted by molar-refractivity contribution is 7.98. The Morgan fingerprint density at radius 3 is 2.52 bits per heavy atom. The summed E-state index contributed by atoms with van der Waals surface area (Å²) in [5, 5.41) is 11.3. The molecule has 0 radical (unpaired) electrons. The number of nitrogens with zero attached hydrogens (tertiary/aromatic N) is 5. The van der Waals surface area contributed by atoms with E-state index in [9.17, 15) is 14.9 Å². The summed E-state index contributed by atoms with van der Waals surface area (Å²) in [6.45, 7) is 4.63. The number of fused-ring (bicyclic) bond motifs is 2. The molecular formula is C24H22ClN5O2S. The van der Waals surface area contributed by atoms with E-state index in [-0.39, 0.29) is 23.4 Å². The zero-order valence-corrected chi connectivity index (χ0v) is 19.9. The first kappa shape index (κ1) is 23.0. The molecule has 0 amide bonds. The molecule has 0 bridgehead atoms. The van der Waals surface area contributed by atoms with Crippen molar-refractivity contribution < 1.29 is 0 Å². The van der Waals surface area contributed by atoms with Gasteiger partial charge in [0.1, 0.15) is 12.4 Å². The number of thioether (sulfide) groups is 1. The fourth-order valence-corrected chi connectivity index (χ4v) is 4.69. The number of nitriles is 1. The van der Waals surface area contributed by atoms with E-state index in [1.54, 1.807) is 41.0 Å². The van der Waals surface area contributed by atoms with Crippen molar-refractivity contribution in [2.24, 2.45) is 5.92 Å². The van der Waals surface area contributed by atoms with Crippen LogP contribution in [0.5, 0.6) is 0 Å². The maximum absolute atomic E-state index is 13.2. The monoisotopic (exact) mass is 479 g/mol. The number of hydrogen-bond donors (Lipinski definition) is 0. The van der Waals surface area contributed by atoms with Crippen LogP contribution in [0.1, 0.15) is 26.1 Å². The maximum Gasteiger partial charge on any atom is 0.262 e. The van der Waals surface area contributed by atoms with Crippen molar-refractivity contribution in [2.75, 3.05) is 0 Å². The van der Waals surface area contributed by atoms with Crippen molar-refractivity contribution in [3.05, 3.63) is 74.0 Å². The molecule has 33 heavy (non-hydrogen) atoms. The number of para-hydroxylation sites is 1. The third-order valence-corrected chi connectivity index (χ3v) is 6.52. The molecule has 4 aromatic rings. The van der Waals surface area contributed by atoms with Gasteiger partial charge in [-0.1, -0.05) is 49.3 Å². The molecule has 168 valence electrons. The van der Waals surface area contributed by atoms with Gasteiger partial charge in [0.25, 0.3) is 11.1 Å². The number of benzene rings is 2. The van der Waals surface area contributed by atoms with Crippen molar-refractivity contribution >= 4 is 45.2 Å². The van der Waals surface area contributed by atoms with E-state index >= 15 is 0 Å². The summed E-state index contributed by atoms with van der Waals surface area (Å²) in [6, 6.07) is 14.2. The van der Waals surface area contributed by atoms with E-state index in [4.69, 9.17) is 16.6 Å². The van der Waals surface area contributed by atoms with Crippen molar-refractivity contribution in [3.63, 3.8) is 0 Å². The van der Waals surface area contributed by atoms with Crippen LogP contribution in [0.25, 0.3) is 21.8 Å². The third kappa shape index (κ3) is 4.80. The topological polar surface area (TPSA) is 93.6 Å². The van der Waals surface area contributed by atoms with Crippen LogP contribution in [0.15, 0.2) is 57.2 Å². The van der Waals surface area contributed by atoms with Crippen LogP contribution in [0, 0.1) is 17.2 Å². The molecular weight excluding hydrogens is 458 g/mol. The Morgan fingerprint density at radius 1 is 1.03 bits per heavy atom. The molecule has 9 heteroatoms. The molecule has 0 unspecified atom stereocenters. The summed E-state index contributed by atoms with van der Waals surface area (Å²) in [5.41, 5.74) is 0.716. The van der Waals surface area contributed by atoms with E-state index in [1.807, 2.05) is 12.1 Å². The zero-order chi connectivity index (χ0) is 23.5. The minimum absolute atomic E-state index is 0.104. The van der Waals surface area contributed by atoms with Crippen LogP contribution in [0.3, 0.4) is 0 Å². The predicted molar refractivity (Wildman–Crippen MR) is 132 cm³/mol. The van der Waals surface area contributed by atoms with Gasteiger partial charge in [-0.3, -0.25) is 18.7 Å². The molecule has 0 aliphatic rings. The lowest BCUT2D eigenvalue weighted by atomic mass is 10.1. The molecule has 0 spiro atoms. The summed E-state index contributed by atoms with van der Waals surface area (Å²) in [6.07, 6.45) is 0.821. The minimum atomic E-state index is -0.256. The fraction of sp³-hybridized carbons (Fsp3) is 0.292. The third-order valence-electron chi connectivity index (χ3n) is 5.31. The van der Waals surface area contributed by atoms with Crippen molar-refractivity contribution in [3.8, 4) is 6.07 Å². The maximum atomic E-state index is 13.2. The van der Waals surface area contributed by atoms with Gasteiger partial charge in [-0.15, -0.1) is 0 Å². The van der Waals surface area contributed by atoms with Crippen LogP contribution in [-0.4, -0.2) is 19.1 Å². The van der Waals surface area contributed by atoms with Gasteiger partial charge in [0, 0.05) is 11.6 Å². The lowest BCUT2D eigenvalue weighted by molar-refractivity contribution is 0.481. The van der Waals surface area contributed by atoms with Gasteiger partial charge >= 0.3 is 0 Å². The minimum Gasteiger partial charge on any atom is -0.287 e. The highest BCUT2D eigenvalue weighted by atomic mass is 35.5. The first-order valence-electron chi connectivity index (χ1n) is 10.6. The number of rotatable bonds is 7. The van der Waals surface area contributed by atoms with Crippen molar-refractivity contribution in [1.29, 1.82) is 5.26 Å². The Labute approximate surface area is 199 Å². The number of hydrogen-bond acceptors (Lipinski definition) is 6. The van der Waals surface area contributed by atoms with Crippen LogP contribution in [0.2, 0.25) is 5.02 Å². The Bertz CT molecular complexity index is 1500. The molecule has 2 aromatic carbocycles. The van der Waals surface area contributed by atoms with Crippen LogP contribution in [0.4, 0.5) is 0 Å². The van der Waals surface area contributed by atoms with Gasteiger partial charge in [-0.2, -0.15) is 5.26 Å². The number of halogens is 1. The summed E-state index contributed by atoms with van der Waals surface area (Å²) in [7, 11) is 0. The van der Waals surface area contributed by atoms with Gasteiger partial charge in [-0.25, -0.2) is 9.97 Å². The highest BCUT2D eigenvalue weighted by Gasteiger charge is 2.16. The van der Waals surface area contributed by atoms with Crippen molar-refractivity contribution in [1.82, 2.24) is 19.1 Å². The second kappa shape index (κ2) is 9.77. The lowest BCUT2D eigenvalue weighted by Gasteiger charge is -2.15. The molecule has 7 nitrogen and oxygen atoms in total. The molecule has 0 aliphatic heterocycles. The summed E-state index contributed by atoms with van der Waals surface area (Å²) >= 11 is 7.45. The van der Waals surface area contributed by atoms with Crippen LogP contribution in [-0.2, 0) is 18.8 Å². The first-order chi connectivity index (χ1) is 15.9. The summed E-state index contributed by atoms with van der Waals surface area (Å²) in [4.78, 5) is 35.5. The Hall–Kier alpha value is -3.15. The normalized spacial score (nSPS) is 11.4. The van der Waals surface area contributed by atoms with Gasteiger partial charge < -0.3 is 0 Å². The Morgan fingerprint density at radius 2 is 1.76 bits per heavy atom. The molecule has 2 aromatic heterocycles. The van der Waals surface area contributed by atoms with Crippen molar-refractivity contribution in [2.45, 2.75) is 44.3 Å². The Balaban J connectivity index is 1.79. The molecule has 0 saturated carbocycles. The van der Waals surface area contributed by atoms with E-state index in [1.165, 1.54) is 16.3 Å². The second-order valence-corrected chi connectivity index (χ2v) is 9.46. The van der Waals surface area contributed by atoms with Gasteiger partial charge in [0.05, 0.1) is 33.6 Å². The van der Waals surface area contributed by atoms with Gasteiger partial charge in [0.15, 0.2) is 5.16 Å². The summed E-state index contributed by atoms with van der Waals surface area (Å²) in [5.74, 6) is 1.15. The first-order valence-corrected chi connectivity index (χ1v) is 11.9. The predicted octanol–water partition coefficient (Wildman–Crippen LogP) is 4.62. The quantitative estimate of drug-likeness (QED) is 0.283. The van der Waals surface area contributed by atoms with E-state index in [2.05, 4.69) is 18.8 Å². The van der Waals surface area contributed by atoms with Crippen LogP contribution < -0.4 is 11.1 Å². The Kier molecular flexibility index (Phi) is 6.82. The molecule has 4 rings (SSSR count). The average Bonchev–Trinajstić information content (AvgIpc) is 2.79. The zero-order valence-electron chi connectivity index (χ0n) is 18.3. The average molecular weight is 480 g/mol. The highest BCUT2D eigenvalue weighted by Crippen LogP contribution is 2.24. The smallest absolute Gasteiger partial charge is 0.262 e. The molecule has 2 heterocycles. The fourth-order valence-electron chi connectivity index (χ4n) is 3.56. The lowest BCUT2D eigenvalue weighted by Crippen LogP contribution is -2.26. The van der Waals surface area contributed by atoms with Gasteiger partial charge in [0.2, 0.25) is 0 Å². The van der Waals surface area contributed by atoms with E-state index in [0.29, 0.717) is 50.3 Å². The van der Waals surface area contributed by atoms with Gasteiger partial charge in [-0.05, 0) is 42.7 Å². The molecule has 0 atom stereocenters. The molecule has 0 saturated heterocycles. The molecule has 0 N–H and O–H groups in total. The SMILES string of the molecule is CC(C)CCn1c(SCc2nc3ccccc3c(=O)n2CC#N)nc2cc(Cl)ccc2c1=O. The van der Waals surface area contributed by atoms with E-state index < -0.39 is 0 Å². The summed E-state index contributed by atoms with van der Waals surface area (Å²) < 4.78 is 3.05.